The number of hydrogen-bond donors (Lipinski definition) is 2. The molecule has 1 aliphatic heterocycles. The SMILES string of the molecule is CC(C)NCC1CNCc2c(Cl)cccc21. The molecule has 0 aliphatic carbocycles. The smallest absolute Gasteiger partial charge is 0.0453 e. The quantitative estimate of drug-likeness (QED) is 0.846. The first-order valence-corrected chi connectivity index (χ1v) is 6.27. The van der Waals surface area contributed by atoms with Gasteiger partial charge in [0.1, 0.15) is 0 Å². The van der Waals surface area contributed by atoms with E-state index in [4.69, 9.17) is 11.6 Å². The highest BCUT2D eigenvalue weighted by Crippen LogP contribution is 2.28. The minimum absolute atomic E-state index is 0.532. The Bertz CT molecular complexity index is 363. The van der Waals surface area contributed by atoms with Crippen LogP contribution in [0.25, 0.3) is 0 Å². The molecule has 1 aromatic rings. The van der Waals surface area contributed by atoms with Crippen molar-refractivity contribution >= 4 is 11.6 Å². The fraction of sp³-hybridized carbons (Fsp3) is 0.538. The van der Waals surface area contributed by atoms with Gasteiger partial charge in [-0.2, -0.15) is 0 Å². The highest BCUT2D eigenvalue weighted by atomic mass is 35.5. The van der Waals surface area contributed by atoms with Crippen LogP contribution >= 0.6 is 11.6 Å². The van der Waals surface area contributed by atoms with Crippen LogP contribution in [0.1, 0.15) is 30.9 Å². The number of halogens is 1. The zero-order chi connectivity index (χ0) is 11.5. The van der Waals surface area contributed by atoms with Crippen molar-refractivity contribution in [1.82, 2.24) is 10.6 Å². The molecule has 1 aromatic carbocycles. The molecule has 2 N–H and O–H groups in total. The Morgan fingerprint density at radius 1 is 1.50 bits per heavy atom. The molecule has 0 radical (unpaired) electrons. The van der Waals surface area contributed by atoms with E-state index in [0.29, 0.717) is 12.0 Å². The molecule has 88 valence electrons. The van der Waals surface area contributed by atoms with E-state index in [0.717, 1.165) is 24.7 Å². The molecular formula is C13H19ClN2. The third-order valence-electron chi connectivity index (χ3n) is 3.06. The summed E-state index contributed by atoms with van der Waals surface area (Å²) in [7, 11) is 0. The predicted octanol–water partition coefficient (Wildman–Crippen LogP) is 2.52. The predicted molar refractivity (Wildman–Crippen MR) is 69.0 cm³/mol. The van der Waals surface area contributed by atoms with Crippen LogP contribution in [0.3, 0.4) is 0 Å². The molecule has 0 spiro atoms. The molecule has 0 bridgehead atoms. The van der Waals surface area contributed by atoms with E-state index < -0.39 is 0 Å². The summed E-state index contributed by atoms with van der Waals surface area (Å²) in [5, 5.41) is 7.81. The van der Waals surface area contributed by atoms with Crippen LogP contribution in [-0.4, -0.2) is 19.1 Å². The average molecular weight is 239 g/mol. The molecule has 0 saturated carbocycles. The van der Waals surface area contributed by atoms with Gasteiger partial charge in [-0.05, 0) is 17.2 Å². The second kappa shape index (κ2) is 5.17. The Labute approximate surface area is 102 Å². The zero-order valence-electron chi connectivity index (χ0n) is 9.89. The number of rotatable bonds is 3. The highest BCUT2D eigenvalue weighted by molar-refractivity contribution is 6.31. The molecule has 16 heavy (non-hydrogen) atoms. The van der Waals surface area contributed by atoms with Crippen molar-refractivity contribution in [3.05, 3.63) is 34.3 Å². The van der Waals surface area contributed by atoms with E-state index in [-0.39, 0.29) is 0 Å². The van der Waals surface area contributed by atoms with Gasteiger partial charge in [0.15, 0.2) is 0 Å². The molecule has 0 aromatic heterocycles. The molecular weight excluding hydrogens is 220 g/mol. The van der Waals surface area contributed by atoms with Crippen molar-refractivity contribution in [3.63, 3.8) is 0 Å². The van der Waals surface area contributed by atoms with Gasteiger partial charge in [0.05, 0.1) is 0 Å². The van der Waals surface area contributed by atoms with Crippen LogP contribution in [0.2, 0.25) is 5.02 Å². The van der Waals surface area contributed by atoms with Crippen molar-refractivity contribution in [3.8, 4) is 0 Å². The zero-order valence-corrected chi connectivity index (χ0v) is 10.6. The van der Waals surface area contributed by atoms with Crippen molar-refractivity contribution in [1.29, 1.82) is 0 Å². The van der Waals surface area contributed by atoms with Gasteiger partial charge in [-0.15, -0.1) is 0 Å². The Hall–Kier alpha value is -0.570. The summed E-state index contributed by atoms with van der Waals surface area (Å²) in [4.78, 5) is 0. The number of fused-ring (bicyclic) bond motifs is 1. The normalized spacial score (nSPS) is 19.9. The first-order chi connectivity index (χ1) is 7.68. The summed E-state index contributed by atoms with van der Waals surface area (Å²) in [6.45, 7) is 7.29. The Kier molecular flexibility index (Phi) is 3.85. The lowest BCUT2D eigenvalue weighted by Gasteiger charge is -2.28. The highest BCUT2D eigenvalue weighted by Gasteiger charge is 2.21. The van der Waals surface area contributed by atoms with Crippen molar-refractivity contribution in [2.45, 2.75) is 32.4 Å². The second-order valence-corrected chi connectivity index (χ2v) is 5.11. The van der Waals surface area contributed by atoms with Crippen LogP contribution in [0.5, 0.6) is 0 Å². The Morgan fingerprint density at radius 3 is 3.06 bits per heavy atom. The van der Waals surface area contributed by atoms with Gasteiger partial charge in [0.2, 0.25) is 0 Å². The van der Waals surface area contributed by atoms with Gasteiger partial charge in [-0.1, -0.05) is 37.6 Å². The fourth-order valence-corrected chi connectivity index (χ4v) is 2.43. The van der Waals surface area contributed by atoms with Gasteiger partial charge in [0.25, 0.3) is 0 Å². The standard InChI is InChI=1S/C13H19ClN2/c1-9(2)16-7-10-6-15-8-12-11(10)4-3-5-13(12)14/h3-5,9-10,15-16H,6-8H2,1-2H3. The van der Waals surface area contributed by atoms with E-state index >= 15 is 0 Å². The molecule has 2 nitrogen and oxygen atoms in total. The van der Waals surface area contributed by atoms with Gasteiger partial charge >= 0.3 is 0 Å². The minimum atomic E-state index is 0.532. The third-order valence-corrected chi connectivity index (χ3v) is 3.41. The first-order valence-electron chi connectivity index (χ1n) is 5.90. The summed E-state index contributed by atoms with van der Waals surface area (Å²) in [6, 6.07) is 6.76. The van der Waals surface area contributed by atoms with Crippen LogP contribution in [0.4, 0.5) is 0 Å². The van der Waals surface area contributed by atoms with Crippen LogP contribution < -0.4 is 10.6 Å². The minimum Gasteiger partial charge on any atom is -0.314 e. The molecule has 1 heterocycles. The third kappa shape index (κ3) is 2.57. The van der Waals surface area contributed by atoms with Crippen LogP contribution in [0, 0.1) is 0 Å². The van der Waals surface area contributed by atoms with Crippen molar-refractivity contribution in [2.75, 3.05) is 13.1 Å². The number of benzene rings is 1. The molecule has 0 fully saturated rings. The summed E-state index contributed by atoms with van der Waals surface area (Å²) in [6.07, 6.45) is 0. The molecule has 1 unspecified atom stereocenters. The van der Waals surface area contributed by atoms with Gasteiger partial charge in [0, 0.05) is 36.6 Å². The maximum absolute atomic E-state index is 6.21. The summed E-state index contributed by atoms with van der Waals surface area (Å²) in [5.41, 5.74) is 2.67. The van der Waals surface area contributed by atoms with E-state index in [9.17, 15) is 0 Å². The monoisotopic (exact) mass is 238 g/mol. The van der Waals surface area contributed by atoms with E-state index in [2.05, 4.69) is 36.6 Å². The fourth-order valence-electron chi connectivity index (χ4n) is 2.19. The van der Waals surface area contributed by atoms with E-state index in [1.54, 1.807) is 0 Å². The second-order valence-electron chi connectivity index (χ2n) is 4.70. The molecule has 2 rings (SSSR count). The molecule has 1 atom stereocenters. The van der Waals surface area contributed by atoms with Crippen molar-refractivity contribution < 1.29 is 0 Å². The Balaban J connectivity index is 2.16. The van der Waals surface area contributed by atoms with Gasteiger partial charge in [-0.25, -0.2) is 0 Å². The summed E-state index contributed by atoms with van der Waals surface area (Å²) in [5.74, 6) is 0.532. The van der Waals surface area contributed by atoms with Crippen LogP contribution in [-0.2, 0) is 6.54 Å². The topological polar surface area (TPSA) is 24.1 Å². The lowest BCUT2D eigenvalue weighted by molar-refractivity contribution is 0.478. The number of hydrogen-bond acceptors (Lipinski definition) is 2. The maximum Gasteiger partial charge on any atom is 0.0453 e. The number of nitrogens with one attached hydrogen (secondary N) is 2. The first kappa shape index (κ1) is 11.9. The van der Waals surface area contributed by atoms with E-state index in [1.165, 1.54) is 11.1 Å². The molecule has 1 aliphatic rings. The summed E-state index contributed by atoms with van der Waals surface area (Å²) >= 11 is 6.21. The van der Waals surface area contributed by atoms with Gasteiger partial charge in [-0.3, -0.25) is 0 Å². The molecule has 0 saturated heterocycles. The van der Waals surface area contributed by atoms with Crippen LogP contribution in [0.15, 0.2) is 18.2 Å². The Morgan fingerprint density at radius 2 is 2.31 bits per heavy atom. The molecule has 3 heteroatoms. The van der Waals surface area contributed by atoms with Crippen molar-refractivity contribution in [2.24, 2.45) is 0 Å². The summed E-state index contributed by atoms with van der Waals surface area (Å²) < 4.78 is 0. The largest absolute Gasteiger partial charge is 0.314 e. The maximum atomic E-state index is 6.21. The van der Waals surface area contributed by atoms with Gasteiger partial charge < -0.3 is 10.6 Å². The lowest BCUT2D eigenvalue weighted by Crippen LogP contribution is -2.36. The van der Waals surface area contributed by atoms with E-state index in [1.807, 2.05) is 6.07 Å². The lowest BCUT2D eigenvalue weighted by atomic mass is 9.90. The molecule has 0 amide bonds. The average Bonchev–Trinajstić information content (AvgIpc) is 2.27.